The van der Waals surface area contributed by atoms with Crippen LogP contribution < -0.4 is 5.32 Å². The van der Waals surface area contributed by atoms with Crippen LogP contribution in [-0.2, 0) is 0 Å². The maximum absolute atomic E-state index is 11.7. The van der Waals surface area contributed by atoms with Gasteiger partial charge in [0.15, 0.2) is 0 Å². The summed E-state index contributed by atoms with van der Waals surface area (Å²) in [4.78, 5) is 11.7. The molecule has 0 aliphatic heterocycles. The quantitative estimate of drug-likeness (QED) is 0.831. The molecule has 1 aromatic carbocycles. The predicted molar refractivity (Wildman–Crippen MR) is 65.7 cm³/mol. The predicted octanol–water partition coefficient (Wildman–Crippen LogP) is 1.55. The summed E-state index contributed by atoms with van der Waals surface area (Å²) in [7, 11) is 0. The number of aliphatic hydroxyl groups is 1. The second-order valence-electron chi connectivity index (χ2n) is 3.90. The van der Waals surface area contributed by atoms with Gasteiger partial charge in [0.05, 0.1) is 12.1 Å². The van der Waals surface area contributed by atoms with Crippen molar-refractivity contribution in [2.45, 2.75) is 18.4 Å². The summed E-state index contributed by atoms with van der Waals surface area (Å²) in [5, 5.41) is 11.9. The molecule has 0 atom stereocenters. The number of benzene rings is 1. The second-order valence-corrected chi connectivity index (χ2v) is 5.15. The van der Waals surface area contributed by atoms with Crippen LogP contribution >= 0.6 is 22.6 Å². The van der Waals surface area contributed by atoms with E-state index in [0.29, 0.717) is 5.56 Å². The second kappa shape index (κ2) is 4.09. The van der Waals surface area contributed by atoms with Crippen molar-refractivity contribution < 1.29 is 9.90 Å². The Balaban J connectivity index is 2.05. The van der Waals surface area contributed by atoms with Gasteiger partial charge in [-0.3, -0.25) is 4.79 Å². The van der Waals surface area contributed by atoms with Gasteiger partial charge in [0, 0.05) is 9.13 Å². The van der Waals surface area contributed by atoms with E-state index in [9.17, 15) is 4.79 Å². The van der Waals surface area contributed by atoms with Crippen LogP contribution in [0.3, 0.4) is 0 Å². The molecule has 1 amide bonds. The van der Waals surface area contributed by atoms with E-state index in [0.717, 1.165) is 16.4 Å². The van der Waals surface area contributed by atoms with Crippen LogP contribution in [0.1, 0.15) is 23.2 Å². The zero-order chi connectivity index (χ0) is 10.9. The van der Waals surface area contributed by atoms with Crippen LogP contribution in [-0.4, -0.2) is 23.2 Å². The molecule has 0 unspecified atom stereocenters. The monoisotopic (exact) mass is 317 g/mol. The summed E-state index contributed by atoms with van der Waals surface area (Å²) in [6, 6.07) is 7.39. The van der Waals surface area contributed by atoms with Gasteiger partial charge in [-0.25, -0.2) is 0 Å². The maximum Gasteiger partial charge on any atom is 0.251 e. The summed E-state index contributed by atoms with van der Waals surface area (Å²) in [6.45, 7) is 0.0309. The van der Waals surface area contributed by atoms with E-state index in [1.165, 1.54) is 0 Å². The topological polar surface area (TPSA) is 49.3 Å². The van der Waals surface area contributed by atoms with E-state index >= 15 is 0 Å². The Bertz CT molecular complexity index is 371. The molecule has 0 bridgehead atoms. The average molecular weight is 317 g/mol. The van der Waals surface area contributed by atoms with E-state index in [2.05, 4.69) is 27.9 Å². The number of hydrogen-bond acceptors (Lipinski definition) is 2. The first-order chi connectivity index (χ1) is 7.15. The molecule has 0 heterocycles. The molecule has 2 N–H and O–H groups in total. The van der Waals surface area contributed by atoms with E-state index in [-0.39, 0.29) is 18.1 Å². The smallest absolute Gasteiger partial charge is 0.251 e. The highest BCUT2D eigenvalue weighted by molar-refractivity contribution is 14.1. The Morgan fingerprint density at radius 1 is 1.40 bits per heavy atom. The molecular formula is C11H12INO2. The molecule has 1 aromatic rings. The van der Waals surface area contributed by atoms with Crippen LogP contribution in [0.15, 0.2) is 24.3 Å². The van der Waals surface area contributed by atoms with Gasteiger partial charge < -0.3 is 10.4 Å². The number of carbonyl (C=O) groups excluding carboxylic acids is 1. The minimum Gasteiger partial charge on any atom is -0.394 e. The lowest BCUT2D eigenvalue weighted by Crippen LogP contribution is -2.39. The summed E-state index contributed by atoms with van der Waals surface area (Å²) in [5.41, 5.74) is 0.315. The normalized spacial score (nSPS) is 17.2. The Morgan fingerprint density at radius 2 is 2.00 bits per heavy atom. The van der Waals surface area contributed by atoms with Gasteiger partial charge in [0.1, 0.15) is 0 Å². The maximum atomic E-state index is 11.7. The summed E-state index contributed by atoms with van der Waals surface area (Å²) in [6.07, 6.45) is 1.75. The molecule has 0 aromatic heterocycles. The van der Waals surface area contributed by atoms with Gasteiger partial charge in [0.25, 0.3) is 5.91 Å². The highest BCUT2D eigenvalue weighted by Crippen LogP contribution is 2.34. The minimum atomic E-state index is -0.333. The van der Waals surface area contributed by atoms with Gasteiger partial charge in [0.2, 0.25) is 0 Å². The van der Waals surface area contributed by atoms with Gasteiger partial charge in [-0.2, -0.15) is 0 Å². The van der Waals surface area contributed by atoms with Gasteiger partial charge >= 0.3 is 0 Å². The summed E-state index contributed by atoms with van der Waals surface area (Å²) >= 11 is 2.20. The first-order valence-electron chi connectivity index (χ1n) is 4.84. The number of aliphatic hydroxyl groups excluding tert-OH is 1. The molecular weight excluding hydrogens is 305 g/mol. The molecule has 1 aliphatic carbocycles. The van der Waals surface area contributed by atoms with E-state index in [1.807, 2.05) is 12.1 Å². The summed E-state index contributed by atoms with van der Waals surface area (Å²) in [5.74, 6) is -0.0991. The van der Waals surface area contributed by atoms with Crippen molar-refractivity contribution in [3.8, 4) is 0 Å². The molecule has 1 fully saturated rings. The molecule has 80 valence electrons. The molecule has 4 heteroatoms. The first-order valence-corrected chi connectivity index (χ1v) is 5.92. The van der Waals surface area contributed by atoms with Crippen molar-refractivity contribution in [3.05, 3.63) is 33.4 Å². The van der Waals surface area contributed by atoms with Crippen molar-refractivity contribution in [3.63, 3.8) is 0 Å². The minimum absolute atomic E-state index is 0.0309. The van der Waals surface area contributed by atoms with Gasteiger partial charge in [-0.15, -0.1) is 0 Å². The number of rotatable bonds is 3. The van der Waals surface area contributed by atoms with Gasteiger partial charge in [-0.05, 0) is 59.7 Å². The molecule has 2 rings (SSSR count). The van der Waals surface area contributed by atoms with Crippen molar-refractivity contribution in [2.24, 2.45) is 0 Å². The van der Waals surface area contributed by atoms with Crippen molar-refractivity contribution >= 4 is 28.5 Å². The number of amides is 1. The fourth-order valence-electron chi connectivity index (χ4n) is 1.39. The SMILES string of the molecule is O=C(NC1(CO)CC1)c1ccc(I)cc1. The van der Waals surface area contributed by atoms with Crippen LogP contribution in [0, 0.1) is 3.57 Å². The van der Waals surface area contributed by atoms with E-state index in [4.69, 9.17) is 5.11 Å². The molecule has 0 spiro atoms. The largest absolute Gasteiger partial charge is 0.394 e. The van der Waals surface area contributed by atoms with Crippen LogP contribution in [0.25, 0.3) is 0 Å². The number of hydrogen-bond donors (Lipinski definition) is 2. The third-order valence-electron chi connectivity index (χ3n) is 2.64. The highest BCUT2D eigenvalue weighted by Gasteiger charge is 2.43. The standard InChI is InChI=1S/C11H12INO2/c12-9-3-1-8(2-4-9)10(15)13-11(7-14)5-6-11/h1-4,14H,5-7H2,(H,13,15). The lowest BCUT2D eigenvalue weighted by Gasteiger charge is -2.14. The molecule has 0 radical (unpaired) electrons. The van der Waals surface area contributed by atoms with Crippen LogP contribution in [0.4, 0.5) is 0 Å². The zero-order valence-electron chi connectivity index (χ0n) is 8.16. The lowest BCUT2D eigenvalue weighted by molar-refractivity contribution is 0.0907. The highest BCUT2D eigenvalue weighted by atomic mass is 127. The average Bonchev–Trinajstić information content (AvgIpc) is 2.99. The number of nitrogens with one attached hydrogen (secondary N) is 1. The van der Waals surface area contributed by atoms with Crippen LogP contribution in [0.2, 0.25) is 0 Å². The van der Waals surface area contributed by atoms with E-state index < -0.39 is 0 Å². The summed E-state index contributed by atoms with van der Waals surface area (Å²) < 4.78 is 1.10. The lowest BCUT2D eigenvalue weighted by atomic mass is 10.2. The fourth-order valence-corrected chi connectivity index (χ4v) is 1.75. The van der Waals surface area contributed by atoms with Crippen molar-refractivity contribution in [2.75, 3.05) is 6.61 Å². The Hall–Kier alpha value is -0.620. The molecule has 1 aliphatic rings. The number of carbonyl (C=O) groups is 1. The zero-order valence-corrected chi connectivity index (χ0v) is 10.3. The van der Waals surface area contributed by atoms with Gasteiger partial charge in [-0.1, -0.05) is 0 Å². The Kier molecular flexibility index (Phi) is 2.97. The number of halogens is 1. The Labute approximate surface area is 102 Å². The first kappa shape index (κ1) is 10.9. The third kappa shape index (κ3) is 2.49. The van der Waals surface area contributed by atoms with Crippen molar-refractivity contribution in [1.29, 1.82) is 0 Å². The van der Waals surface area contributed by atoms with Crippen molar-refractivity contribution in [1.82, 2.24) is 5.32 Å². The van der Waals surface area contributed by atoms with Crippen LogP contribution in [0.5, 0.6) is 0 Å². The Morgan fingerprint density at radius 3 is 2.47 bits per heavy atom. The molecule has 15 heavy (non-hydrogen) atoms. The van der Waals surface area contributed by atoms with E-state index in [1.54, 1.807) is 12.1 Å². The molecule has 1 saturated carbocycles. The third-order valence-corrected chi connectivity index (χ3v) is 3.36. The molecule has 0 saturated heterocycles. The fraction of sp³-hybridized carbons (Fsp3) is 0.364. The molecule has 3 nitrogen and oxygen atoms in total.